The third-order valence-electron chi connectivity index (χ3n) is 10.8. The SMILES string of the molecule is Cc1ccc(C(=O)c2cc(-c3ccc(Cc4ccccc4C(C)(C)c4ccccc4C)cc3)c(C(=O)c3ccc(C)cc3)cc2-c2ccc(C)cc2)cc1. The van der Waals surface area contributed by atoms with E-state index in [1.165, 1.54) is 27.8 Å². The second-order valence-electron chi connectivity index (χ2n) is 15.2. The Balaban J connectivity index is 1.34. The first-order chi connectivity index (χ1) is 26.0. The van der Waals surface area contributed by atoms with Crippen molar-refractivity contribution in [3.8, 4) is 22.3 Å². The van der Waals surface area contributed by atoms with Gasteiger partial charge in [0.1, 0.15) is 0 Å². The van der Waals surface area contributed by atoms with E-state index in [-0.39, 0.29) is 17.0 Å². The smallest absolute Gasteiger partial charge is 0.193 e. The van der Waals surface area contributed by atoms with Crippen LogP contribution in [0.2, 0.25) is 0 Å². The van der Waals surface area contributed by atoms with Crippen molar-refractivity contribution < 1.29 is 9.59 Å². The molecule has 0 saturated heterocycles. The zero-order chi connectivity index (χ0) is 38.0. The van der Waals surface area contributed by atoms with E-state index in [0.29, 0.717) is 22.3 Å². The minimum absolute atomic E-state index is 0.0781. The van der Waals surface area contributed by atoms with Crippen molar-refractivity contribution in [1.82, 2.24) is 0 Å². The topological polar surface area (TPSA) is 34.1 Å². The van der Waals surface area contributed by atoms with Crippen LogP contribution in [-0.4, -0.2) is 11.6 Å². The van der Waals surface area contributed by atoms with Crippen LogP contribution in [0.5, 0.6) is 0 Å². The van der Waals surface area contributed by atoms with Gasteiger partial charge in [-0.2, -0.15) is 0 Å². The lowest BCUT2D eigenvalue weighted by atomic mass is 9.74. The lowest BCUT2D eigenvalue weighted by Crippen LogP contribution is -2.22. The number of hydrogen-bond donors (Lipinski definition) is 0. The Morgan fingerprint density at radius 3 is 1.35 bits per heavy atom. The highest BCUT2D eigenvalue weighted by molar-refractivity contribution is 6.18. The summed E-state index contributed by atoms with van der Waals surface area (Å²) in [6.45, 7) is 12.9. The molecule has 0 saturated carbocycles. The molecule has 0 heterocycles. The number of aryl methyl sites for hydroxylation is 4. The van der Waals surface area contributed by atoms with Crippen LogP contribution in [0.15, 0.2) is 158 Å². The summed E-state index contributed by atoms with van der Waals surface area (Å²) in [6, 6.07) is 53.3. The maximum atomic E-state index is 14.5. The van der Waals surface area contributed by atoms with Gasteiger partial charge >= 0.3 is 0 Å². The first-order valence-electron chi connectivity index (χ1n) is 18.7. The second kappa shape index (κ2) is 15.1. The van der Waals surface area contributed by atoms with E-state index in [0.717, 1.165) is 45.4 Å². The molecule has 0 aliphatic carbocycles. The fraction of sp³-hybridized carbons (Fsp3) is 0.154. The molecule has 0 bridgehead atoms. The molecule has 2 nitrogen and oxygen atoms in total. The molecule has 54 heavy (non-hydrogen) atoms. The molecule has 0 fully saturated rings. The first-order valence-corrected chi connectivity index (χ1v) is 18.7. The van der Waals surface area contributed by atoms with Crippen LogP contribution >= 0.6 is 0 Å². The maximum absolute atomic E-state index is 14.5. The van der Waals surface area contributed by atoms with Gasteiger partial charge in [-0.1, -0.05) is 176 Å². The number of carbonyl (C=O) groups excluding carboxylic acids is 2. The molecule has 0 spiro atoms. The summed E-state index contributed by atoms with van der Waals surface area (Å²) in [7, 11) is 0. The Kier molecular flexibility index (Phi) is 10.1. The third kappa shape index (κ3) is 7.38. The highest BCUT2D eigenvalue weighted by atomic mass is 16.1. The minimum atomic E-state index is -0.174. The standard InChI is InChI=1S/C52H46O2/c1-34-15-23-39(24-16-34)44-32-47(51(54)42-27-19-36(3)20-28-42)45(33-46(44)50(53)41-25-17-35(2)18-26-41)40-29-21-38(22-30-40)31-43-12-8-10-14-49(43)52(5,6)48-13-9-7-11-37(48)4/h7-30,32-33H,31H2,1-6H3. The molecule has 0 radical (unpaired) electrons. The van der Waals surface area contributed by atoms with Crippen LogP contribution < -0.4 is 0 Å². The van der Waals surface area contributed by atoms with Crippen LogP contribution in [0.25, 0.3) is 22.3 Å². The van der Waals surface area contributed by atoms with Crippen molar-refractivity contribution in [3.63, 3.8) is 0 Å². The van der Waals surface area contributed by atoms with Crippen molar-refractivity contribution in [3.05, 3.63) is 224 Å². The second-order valence-corrected chi connectivity index (χ2v) is 15.2. The Morgan fingerprint density at radius 1 is 0.463 bits per heavy atom. The largest absolute Gasteiger partial charge is 0.289 e. The Bertz CT molecular complexity index is 2460. The quantitative estimate of drug-likeness (QED) is 0.133. The van der Waals surface area contributed by atoms with E-state index < -0.39 is 0 Å². The molecule has 0 amide bonds. The van der Waals surface area contributed by atoms with E-state index in [1.54, 1.807) is 0 Å². The minimum Gasteiger partial charge on any atom is -0.289 e. The van der Waals surface area contributed by atoms with Crippen LogP contribution in [0, 0.1) is 27.7 Å². The number of carbonyl (C=O) groups is 2. The van der Waals surface area contributed by atoms with Crippen LogP contribution in [0.4, 0.5) is 0 Å². The zero-order valence-electron chi connectivity index (χ0n) is 32.0. The highest BCUT2D eigenvalue weighted by Gasteiger charge is 2.27. The van der Waals surface area contributed by atoms with Crippen LogP contribution in [0.3, 0.4) is 0 Å². The van der Waals surface area contributed by atoms with Gasteiger partial charge in [-0.05, 0) is 96.3 Å². The number of ketones is 2. The molecule has 0 aliphatic heterocycles. The Hall–Kier alpha value is -6.12. The van der Waals surface area contributed by atoms with Crippen molar-refractivity contribution in [2.75, 3.05) is 0 Å². The summed E-state index contributed by atoms with van der Waals surface area (Å²) in [6.07, 6.45) is 0.768. The van der Waals surface area contributed by atoms with E-state index in [9.17, 15) is 9.59 Å². The van der Waals surface area contributed by atoms with Gasteiger partial charge in [0.2, 0.25) is 0 Å². The molecule has 266 valence electrons. The van der Waals surface area contributed by atoms with Gasteiger partial charge in [0.05, 0.1) is 0 Å². The highest BCUT2D eigenvalue weighted by Crippen LogP contribution is 2.38. The summed E-state index contributed by atoms with van der Waals surface area (Å²) in [5, 5.41) is 0. The zero-order valence-corrected chi connectivity index (χ0v) is 32.0. The molecule has 0 aliphatic rings. The summed E-state index contributed by atoms with van der Waals surface area (Å²) >= 11 is 0. The van der Waals surface area contributed by atoms with Gasteiger partial charge in [-0.15, -0.1) is 0 Å². The average molecular weight is 703 g/mol. The van der Waals surface area contributed by atoms with Gasteiger partial charge < -0.3 is 0 Å². The Morgan fingerprint density at radius 2 is 0.870 bits per heavy atom. The molecule has 0 aromatic heterocycles. The lowest BCUT2D eigenvalue weighted by Gasteiger charge is -2.30. The number of hydrogen-bond acceptors (Lipinski definition) is 2. The number of benzene rings is 7. The van der Waals surface area contributed by atoms with E-state index >= 15 is 0 Å². The molecular formula is C52H46O2. The van der Waals surface area contributed by atoms with Gasteiger partial charge in [0.25, 0.3) is 0 Å². The van der Waals surface area contributed by atoms with E-state index in [1.807, 2.05) is 106 Å². The molecule has 0 N–H and O–H groups in total. The maximum Gasteiger partial charge on any atom is 0.193 e. The molecule has 0 unspecified atom stereocenters. The van der Waals surface area contributed by atoms with E-state index in [2.05, 4.69) is 93.6 Å². The van der Waals surface area contributed by atoms with Crippen molar-refractivity contribution in [1.29, 1.82) is 0 Å². The average Bonchev–Trinajstić information content (AvgIpc) is 3.18. The summed E-state index contributed by atoms with van der Waals surface area (Å²) < 4.78 is 0. The predicted octanol–water partition coefficient (Wildman–Crippen LogP) is 12.6. The predicted molar refractivity (Wildman–Crippen MR) is 224 cm³/mol. The van der Waals surface area contributed by atoms with Gasteiger partial charge in [-0.25, -0.2) is 0 Å². The summed E-state index contributed by atoms with van der Waals surface area (Å²) in [4.78, 5) is 28.9. The first kappa shape index (κ1) is 36.2. The molecule has 7 aromatic rings. The molecule has 7 rings (SSSR count). The molecule has 7 aromatic carbocycles. The molecule has 2 heteroatoms. The fourth-order valence-electron chi connectivity index (χ4n) is 7.63. The molecule has 0 atom stereocenters. The number of rotatable bonds is 10. The van der Waals surface area contributed by atoms with Crippen molar-refractivity contribution >= 4 is 11.6 Å². The normalized spacial score (nSPS) is 11.4. The van der Waals surface area contributed by atoms with E-state index in [4.69, 9.17) is 0 Å². The fourth-order valence-corrected chi connectivity index (χ4v) is 7.63. The van der Waals surface area contributed by atoms with Crippen LogP contribution in [-0.2, 0) is 11.8 Å². The summed E-state index contributed by atoms with van der Waals surface area (Å²) in [5.74, 6) is -0.158. The lowest BCUT2D eigenvalue weighted by molar-refractivity contribution is 0.102. The monoisotopic (exact) mass is 702 g/mol. The summed E-state index contributed by atoms with van der Waals surface area (Å²) in [5.41, 5.74) is 15.1. The van der Waals surface area contributed by atoms with Crippen molar-refractivity contribution in [2.24, 2.45) is 0 Å². The van der Waals surface area contributed by atoms with Crippen molar-refractivity contribution in [2.45, 2.75) is 53.4 Å². The molecular weight excluding hydrogens is 657 g/mol. The van der Waals surface area contributed by atoms with Gasteiger partial charge in [0, 0.05) is 27.7 Å². The van der Waals surface area contributed by atoms with Gasteiger partial charge in [-0.3, -0.25) is 9.59 Å². The third-order valence-corrected chi connectivity index (χ3v) is 10.8. The Labute approximate surface area is 320 Å². The van der Waals surface area contributed by atoms with Gasteiger partial charge in [0.15, 0.2) is 11.6 Å². The van der Waals surface area contributed by atoms with Crippen LogP contribution in [0.1, 0.15) is 90.2 Å².